The molecule has 0 rings (SSSR count). The third-order valence-corrected chi connectivity index (χ3v) is 1.60. The van der Waals surface area contributed by atoms with Crippen LogP contribution in [0.4, 0.5) is 0 Å². The predicted octanol–water partition coefficient (Wildman–Crippen LogP) is 0.727. The molecule has 0 heterocycles. The third kappa shape index (κ3) is 7.74. The average molecular weight is 190 g/mol. The number of carbonyl (C=O) groups excluding carboxylic acids is 1. The van der Waals surface area contributed by atoms with E-state index in [9.17, 15) is 4.79 Å². The van der Waals surface area contributed by atoms with Crippen LogP contribution in [0.25, 0.3) is 0 Å². The van der Waals surface area contributed by atoms with E-state index in [4.69, 9.17) is 9.84 Å². The summed E-state index contributed by atoms with van der Waals surface area (Å²) in [6, 6.07) is 0. The molecular weight excluding hydrogens is 172 g/mol. The van der Waals surface area contributed by atoms with Crippen molar-refractivity contribution < 1.29 is 19.4 Å². The predicted molar refractivity (Wildman–Crippen MR) is 48.4 cm³/mol. The van der Waals surface area contributed by atoms with Crippen molar-refractivity contribution in [2.24, 2.45) is 0 Å². The fourth-order valence-electron chi connectivity index (χ4n) is 0.970. The van der Waals surface area contributed by atoms with Gasteiger partial charge in [-0.2, -0.15) is 0 Å². The third-order valence-electron chi connectivity index (χ3n) is 1.60. The summed E-state index contributed by atoms with van der Waals surface area (Å²) in [5.41, 5.74) is 0. The molecule has 1 atom stereocenters. The van der Waals surface area contributed by atoms with Gasteiger partial charge in [0.1, 0.15) is 6.61 Å². The highest BCUT2D eigenvalue weighted by Gasteiger charge is 2.02. The molecule has 0 fully saturated rings. The summed E-state index contributed by atoms with van der Waals surface area (Å²) < 4.78 is 9.96. The Labute approximate surface area is 78.8 Å². The van der Waals surface area contributed by atoms with Gasteiger partial charge in [-0.1, -0.05) is 0 Å². The summed E-state index contributed by atoms with van der Waals surface area (Å²) in [5.74, 6) is -0.566. The lowest BCUT2D eigenvalue weighted by Crippen LogP contribution is -2.13. The Morgan fingerprint density at radius 3 is 2.77 bits per heavy atom. The van der Waals surface area contributed by atoms with Crippen molar-refractivity contribution in [1.29, 1.82) is 0 Å². The first-order valence-corrected chi connectivity index (χ1v) is 4.58. The van der Waals surface area contributed by atoms with Crippen molar-refractivity contribution in [3.63, 3.8) is 0 Å². The van der Waals surface area contributed by atoms with E-state index in [1.165, 1.54) is 0 Å². The zero-order valence-electron chi connectivity index (χ0n) is 8.28. The number of aliphatic hydroxyl groups excluding tert-OH is 1. The molecule has 0 aliphatic heterocycles. The van der Waals surface area contributed by atoms with Crippen LogP contribution in [-0.2, 0) is 14.3 Å². The van der Waals surface area contributed by atoms with Gasteiger partial charge < -0.3 is 14.6 Å². The molecule has 0 aromatic carbocycles. The number of ether oxygens (including phenoxy) is 2. The summed E-state index contributed by atoms with van der Waals surface area (Å²) in [6.45, 7) is 4.45. The highest BCUT2D eigenvalue weighted by molar-refractivity contribution is 5.70. The zero-order chi connectivity index (χ0) is 10.1. The number of aliphatic hydroxyl groups is 1. The molecule has 13 heavy (non-hydrogen) atoms. The van der Waals surface area contributed by atoms with Crippen LogP contribution in [0.3, 0.4) is 0 Å². The molecule has 0 aromatic heterocycles. The van der Waals surface area contributed by atoms with Crippen molar-refractivity contribution in [2.45, 2.75) is 32.8 Å². The van der Waals surface area contributed by atoms with E-state index in [1.54, 1.807) is 0 Å². The minimum absolute atomic E-state index is 0.206. The SMILES string of the molecule is CCOC(C)CCCOC(=O)CO. The van der Waals surface area contributed by atoms with Crippen molar-refractivity contribution in [3.8, 4) is 0 Å². The quantitative estimate of drug-likeness (QED) is 0.475. The standard InChI is InChI=1S/C9H18O4/c1-3-12-8(2)5-4-6-13-9(11)7-10/h8,10H,3-7H2,1-2H3. The van der Waals surface area contributed by atoms with Crippen molar-refractivity contribution >= 4 is 5.97 Å². The molecule has 1 unspecified atom stereocenters. The Hall–Kier alpha value is -0.610. The van der Waals surface area contributed by atoms with E-state index in [2.05, 4.69) is 4.74 Å². The lowest BCUT2D eigenvalue weighted by atomic mass is 10.2. The first-order valence-electron chi connectivity index (χ1n) is 4.58. The van der Waals surface area contributed by atoms with Crippen molar-refractivity contribution in [1.82, 2.24) is 0 Å². The van der Waals surface area contributed by atoms with E-state index in [1.807, 2.05) is 13.8 Å². The monoisotopic (exact) mass is 190 g/mol. The van der Waals surface area contributed by atoms with E-state index in [0.717, 1.165) is 12.8 Å². The van der Waals surface area contributed by atoms with Crippen LogP contribution in [0.5, 0.6) is 0 Å². The fraction of sp³-hybridized carbons (Fsp3) is 0.889. The van der Waals surface area contributed by atoms with Gasteiger partial charge in [0.2, 0.25) is 0 Å². The maximum absolute atomic E-state index is 10.5. The minimum Gasteiger partial charge on any atom is -0.464 e. The van der Waals surface area contributed by atoms with Crippen LogP contribution >= 0.6 is 0 Å². The molecular formula is C9H18O4. The van der Waals surface area contributed by atoms with Gasteiger partial charge in [-0.3, -0.25) is 0 Å². The maximum atomic E-state index is 10.5. The van der Waals surface area contributed by atoms with Crippen LogP contribution in [0.1, 0.15) is 26.7 Å². The number of carbonyl (C=O) groups is 1. The Kier molecular flexibility index (Phi) is 7.63. The van der Waals surface area contributed by atoms with Crippen LogP contribution < -0.4 is 0 Å². The van der Waals surface area contributed by atoms with E-state index < -0.39 is 12.6 Å². The summed E-state index contributed by atoms with van der Waals surface area (Å²) >= 11 is 0. The zero-order valence-corrected chi connectivity index (χ0v) is 8.28. The largest absolute Gasteiger partial charge is 0.464 e. The summed E-state index contributed by atoms with van der Waals surface area (Å²) in [4.78, 5) is 10.5. The van der Waals surface area contributed by atoms with E-state index in [0.29, 0.717) is 13.2 Å². The van der Waals surface area contributed by atoms with E-state index in [-0.39, 0.29) is 6.10 Å². The molecule has 4 heteroatoms. The van der Waals surface area contributed by atoms with Crippen molar-refractivity contribution in [3.05, 3.63) is 0 Å². The first kappa shape index (κ1) is 12.4. The molecule has 0 aliphatic rings. The highest BCUT2D eigenvalue weighted by atomic mass is 16.5. The molecule has 0 radical (unpaired) electrons. The van der Waals surface area contributed by atoms with Gasteiger partial charge in [-0.25, -0.2) is 4.79 Å². The fourth-order valence-corrected chi connectivity index (χ4v) is 0.970. The number of esters is 1. The lowest BCUT2D eigenvalue weighted by Gasteiger charge is -2.10. The number of hydrogen-bond donors (Lipinski definition) is 1. The normalized spacial score (nSPS) is 12.5. The maximum Gasteiger partial charge on any atom is 0.331 e. The summed E-state index contributed by atoms with van der Waals surface area (Å²) in [5, 5.41) is 8.33. The van der Waals surface area contributed by atoms with Gasteiger partial charge in [0, 0.05) is 6.61 Å². The van der Waals surface area contributed by atoms with Crippen LogP contribution in [0, 0.1) is 0 Å². The molecule has 0 saturated heterocycles. The molecule has 4 nitrogen and oxygen atoms in total. The number of hydrogen-bond acceptors (Lipinski definition) is 4. The van der Waals surface area contributed by atoms with Gasteiger partial charge in [-0.15, -0.1) is 0 Å². The Morgan fingerprint density at radius 2 is 2.23 bits per heavy atom. The topological polar surface area (TPSA) is 55.8 Å². The van der Waals surface area contributed by atoms with Crippen LogP contribution in [0.15, 0.2) is 0 Å². The van der Waals surface area contributed by atoms with Gasteiger partial charge in [-0.05, 0) is 26.7 Å². The second-order valence-corrected chi connectivity index (χ2v) is 2.79. The van der Waals surface area contributed by atoms with Crippen LogP contribution in [0.2, 0.25) is 0 Å². The molecule has 78 valence electrons. The Balaban J connectivity index is 3.20. The number of rotatable bonds is 7. The van der Waals surface area contributed by atoms with Crippen LogP contribution in [-0.4, -0.2) is 37.0 Å². The molecule has 0 aliphatic carbocycles. The minimum atomic E-state index is -0.566. The molecule has 0 spiro atoms. The molecule has 0 amide bonds. The second-order valence-electron chi connectivity index (χ2n) is 2.79. The molecule has 1 N–H and O–H groups in total. The Morgan fingerprint density at radius 1 is 1.54 bits per heavy atom. The highest BCUT2D eigenvalue weighted by Crippen LogP contribution is 2.01. The molecule has 0 saturated carbocycles. The van der Waals surface area contributed by atoms with Gasteiger partial charge >= 0.3 is 5.97 Å². The second kappa shape index (κ2) is 8.01. The molecule has 0 aromatic rings. The lowest BCUT2D eigenvalue weighted by molar-refractivity contribution is -0.147. The first-order chi connectivity index (χ1) is 6.20. The average Bonchev–Trinajstić information content (AvgIpc) is 2.12. The van der Waals surface area contributed by atoms with Gasteiger partial charge in [0.05, 0.1) is 12.7 Å². The summed E-state index contributed by atoms with van der Waals surface area (Å²) in [6.07, 6.45) is 1.84. The van der Waals surface area contributed by atoms with Gasteiger partial charge in [0.15, 0.2) is 0 Å². The Bertz CT molecular complexity index is 136. The smallest absolute Gasteiger partial charge is 0.331 e. The van der Waals surface area contributed by atoms with E-state index >= 15 is 0 Å². The van der Waals surface area contributed by atoms with Gasteiger partial charge in [0.25, 0.3) is 0 Å². The molecule has 0 bridgehead atoms. The van der Waals surface area contributed by atoms with Crippen molar-refractivity contribution in [2.75, 3.05) is 19.8 Å². The summed E-state index contributed by atoms with van der Waals surface area (Å²) in [7, 11) is 0.